The maximum Gasteiger partial charge on any atom is 0.310 e. The zero-order valence-corrected chi connectivity index (χ0v) is 8.91. The lowest BCUT2D eigenvalue weighted by Gasteiger charge is -2.05. The van der Waals surface area contributed by atoms with E-state index in [1.807, 2.05) is 19.1 Å². The lowest BCUT2D eigenvalue weighted by molar-refractivity contribution is -0.142. The first-order chi connectivity index (χ1) is 7.19. The van der Waals surface area contributed by atoms with Crippen molar-refractivity contribution in [3.8, 4) is 6.07 Å². The number of esters is 1. The Kier molecular flexibility index (Phi) is 3.87. The van der Waals surface area contributed by atoms with Crippen molar-refractivity contribution in [2.24, 2.45) is 0 Å². The fourth-order valence-corrected chi connectivity index (χ4v) is 1.40. The van der Waals surface area contributed by atoms with E-state index in [0.717, 1.165) is 11.1 Å². The molecule has 0 fully saturated rings. The molecule has 0 aliphatic carbocycles. The van der Waals surface area contributed by atoms with Crippen LogP contribution in [0.5, 0.6) is 0 Å². The summed E-state index contributed by atoms with van der Waals surface area (Å²) in [4.78, 5) is 11.3. The third-order valence-corrected chi connectivity index (χ3v) is 2.11. The predicted molar refractivity (Wildman–Crippen MR) is 56.2 cm³/mol. The zero-order chi connectivity index (χ0) is 11.3. The highest BCUT2D eigenvalue weighted by Crippen LogP contribution is 2.13. The van der Waals surface area contributed by atoms with Gasteiger partial charge in [-0.25, -0.2) is 0 Å². The predicted octanol–water partition coefficient (Wildman–Crippen LogP) is 1.97. The molecule has 3 heteroatoms. The highest BCUT2D eigenvalue weighted by atomic mass is 16.5. The molecular weight excluding hydrogens is 190 g/mol. The van der Waals surface area contributed by atoms with Crippen LogP contribution < -0.4 is 0 Å². The van der Waals surface area contributed by atoms with Crippen LogP contribution in [0.15, 0.2) is 18.2 Å². The van der Waals surface area contributed by atoms with Gasteiger partial charge in [-0.15, -0.1) is 0 Å². The normalized spacial score (nSPS) is 9.40. The van der Waals surface area contributed by atoms with Crippen LogP contribution in [0.3, 0.4) is 0 Å². The van der Waals surface area contributed by atoms with E-state index < -0.39 is 0 Å². The summed E-state index contributed by atoms with van der Waals surface area (Å²) >= 11 is 0. The number of ether oxygens (including phenoxy) is 1. The topological polar surface area (TPSA) is 50.1 Å². The molecule has 1 rings (SSSR count). The van der Waals surface area contributed by atoms with Crippen molar-refractivity contribution >= 4 is 5.97 Å². The van der Waals surface area contributed by atoms with E-state index in [1.165, 1.54) is 0 Å². The van der Waals surface area contributed by atoms with Gasteiger partial charge in [-0.1, -0.05) is 18.2 Å². The largest absolute Gasteiger partial charge is 0.466 e. The van der Waals surface area contributed by atoms with E-state index in [2.05, 4.69) is 6.07 Å². The Morgan fingerprint density at radius 1 is 1.53 bits per heavy atom. The van der Waals surface area contributed by atoms with E-state index in [4.69, 9.17) is 10.00 Å². The Bertz CT molecular complexity index is 405. The molecular formula is C12H13NO2. The lowest BCUT2D eigenvalue weighted by atomic mass is 10.0. The summed E-state index contributed by atoms with van der Waals surface area (Å²) in [5.74, 6) is -0.292. The smallest absolute Gasteiger partial charge is 0.310 e. The first kappa shape index (κ1) is 11.3. The van der Waals surface area contributed by atoms with Crippen molar-refractivity contribution in [1.82, 2.24) is 0 Å². The number of aryl methyl sites for hydroxylation is 1. The monoisotopic (exact) mass is 203 g/mol. The summed E-state index contributed by atoms with van der Waals surface area (Å²) < 4.78 is 4.84. The van der Waals surface area contributed by atoms with Gasteiger partial charge in [-0.05, 0) is 25.0 Å². The number of hydrogen-bond donors (Lipinski definition) is 0. The molecule has 15 heavy (non-hydrogen) atoms. The SMILES string of the molecule is CCOC(=O)Cc1cccc(C)c1C#N. The van der Waals surface area contributed by atoms with Crippen LogP contribution in [-0.4, -0.2) is 12.6 Å². The molecule has 0 atom stereocenters. The summed E-state index contributed by atoms with van der Waals surface area (Å²) in [6.07, 6.45) is 0.165. The van der Waals surface area contributed by atoms with Gasteiger partial charge in [0.1, 0.15) is 0 Å². The van der Waals surface area contributed by atoms with Crippen molar-refractivity contribution in [2.75, 3.05) is 6.61 Å². The number of nitrogens with zero attached hydrogens (tertiary/aromatic N) is 1. The summed E-state index contributed by atoms with van der Waals surface area (Å²) in [6, 6.07) is 7.58. The summed E-state index contributed by atoms with van der Waals surface area (Å²) in [5, 5.41) is 8.94. The second-order valence-corrected chi connectivity index (χ2v) is 3.20. The molecule has 1 aromatic rings. The van der Waals surface area contributed by atoms with Crippen LogP contribution >= 0.6 is 0 Å². The molecule has 0 bridgehead atoms. The number of hydrogen-bond acceptors (Lipinski definition) is 3. The molecule has 0 N–H and O–H groups in total. The first-order valence-electron chi connectivity index (χ1n) is 4.83. The molecule has 78 valence electrons. The van der Waals surface area contributed by atoms with Gasteiger partial charge in [-0.3, -0.25) is 4.79 Å². The maximum atomic E-state index is 11.3. The minimum atomic E-state index is -0.292. The number of carbonyl (C=O) groups excluding carboxylic acids is 1. The Balaban J connectivity index is 2.91. The van der Waals surface area contributed by atoms with Crippen molar-refractivity contribution in [2.45, 2.75) is 20.3 Å². The summed E-state index contributed by atoms with van der Waals surface area (Å²) in [5.41, 5.74) is 2.20. The highest BCUT2D eigenvalue weighted by Gasteiger charge is 2.09. The lowest BCUT2D eigenvalue weighted by Crippen LogP contribution is -2.09. The quantitative estimate of drug-likeness (QED) is 0.706. The van der Waals surface area contributed by atoms with Crippen molar-refractivity contribution in [3.63, 3.8) is 0 Å². The van der Waals surface area contributed by atoms with Crippen LogP contribution in [0.4, 0.5) is 0 Å². The molecule has 1 aromatic carbocycles. The Hall–Kier alpha value is -1.82. The average Bonchev–Trinajstić information content (AvgIpc) is 2.18. The fraction of sp³-hybridized carbons (Fsp3) is 0.333. The van der Waals surface area contributed by atoms with Gasteiger partial charge >= 0.3 is 5.97 Å². The van der Waals surface area contributed by atoms with E-state index >= 15 is 0 Å². The first-order valence-corrected chi connectivity index (χ1v) is 4.83. The van der Waals surface area contributed by atoms with Crippen LogP contribution in [0.2, 0.25) is 0 Å². The van der Waals surface area contributed by atoms with Gasteiger partial charge in [0.15, 0.2) is 0 Å². The minimum absolute atomic E-state index is 0.165. The van der Waals surface area contributed by atoms with Crippen molar-refractivity contribution < 1.29 is 9.53 Å². The standard InChI is InChI=1S/C12H13NO2/c1-3-15-12(14)7-10-6-4-5-9(2)11(10)8-13/h4-6H,3,7H2,1-2H3. The molecule has 3 nitrogen and oxygen atoms in total. The number of rotatable bonds is 3. The van der Waals surface area contributed by atoms with Gasteiger partial charge in [0.05, 0.1) is 24.7 Å². The summed E-state index contributed by atoms with van der Waals surface area (Å²) in [6.45, 7) is 3.99. The molecule has 0 saturated heterocycles. The Labute approximate surface area is 89.3 Å². The van der Waals surface area contributed by atoms with E-state index in [1.54, 1.807) is 13.0 Å². The third kappa shape index (κ3) is 2.81. The molecule has 0 unspecified atom stereocenters. The Morgan fingerprint density at radius 2 is 2.27 bits per heavy atom. The fourth-order valence-electron chi connectivity index (χ4n) is 1.40. The van der Waals surface area contributed by atoms with Crippen LogP contribution in [0.1, 0.15) is 23.6 Å². The minimum Gasteiger partial charge on any atom is -0.466 e. The molecule has 0 aromatic heterocycles. The van der Waals surface area contributed by atoms with Gasteiger partial charge in [0.25, 0.3) is 0 Å². The molecule has 0 heterocycles. The molecule has 0 aliphatic rings. The number of carbonyl (C=O) groups is 1. The average molecular weight is 203 g/mol. The van der Waals surface area contributed by atoms with Crippen LogP contribution in [0.25, 0.3) is 0 Å². The van der Waals surface area contributed by atoms with Gasteiger partial charge in [-0.2, -0.15) is 5.26 Å². The van der Waals surface area contributed by atoms with Crippen LogP contribution in [-0.2, 0) is 16.0 Å². The van der Waals surface area contributed by atoms with E-state index in [0.29, 0.717) is 12.2 Å². The zero-order valence-electron chi connectivity index (χ0n) is 8.91. The van der Waals surface area contributed by atoms with Gasteiger partial charge in [0.2, 0.25) is 0 Å². The molecule has 0 amide bonds. The van der Waals surface area contributed by atoms with Crippen molar-refractivity contribution in [3.05, 3.63) is 34.9 Å². The highest BCUT2D eigenvalue weighted by molar-refractivity contribution is 5.73. The molecule has 0 aliphatic heterocycles. The third-order valence-electron chi connectivity index (χ3n) is 2.11. The molecule has 0 spiro atoms. The van der Waals surface area contributed by atoms with Crippen LogP contribution in [0, 0.1) is 18.3 Å². The Morgan fingerprint density at radius 3 is 2.87 bits per heavy atom. The second-order valence-electron chi connectivity index (χ2n) is 3.20. The van der Waals surface area contributed by atoms with Gasteiger partial charge in [0, 0.05) is 0 Å². The summed E-state index contributed by atoms with van der Waals surface area (Å²) in [7, 11) is 0. The number of benzene rings is 1. The maximum absolute atomic E-state index is 11.3. The molecule has 0 saturated carbocycles. The molecule has 0 radical (unpaired) electrons. The second kappa shape index (κ2) is 5.16. The van der Waals surface area contributed by atoms with Gasteiger partial charge < -0.3 is 4.74 Å². The number of nitriles is 1. The van der Waals surface area contributed by atoms with E-state index in [-0.39, 0.29) is 12.4 Å². The van der Waals surface area contributed by atoms with E-state index in [9.17, 15) is 4.79 Å². The van der Waals surface area contributed by atoms with Crippen molar-refractivity contribution in [1.29, 1.82) is 5.26 Å².